The molecule has 0 aromatic heterocycles. The van der Waals surface area contributed by atoms with E-state index in [4.69, 9.17) is 14.2 Å². The van der Waals surface area contributed by atoms with Crippen LogP contribution in [0.25, 0.3) is 0 Å². The van der Waals surface area contributed by atoms with Crippen LogP contribution in [0.15, 0.2) is 47.4 Å². The normalized spacial score (nSPS) is 11.1. The van der Waals surface area contributed by atoms with E-state index in [9.17, 15) is 26.8 Å². The highest BCUT2D eigenvalue weighted by Gasteiger charge is 2.26. The molecule has 0 bridgehead atoms. The molecule has 168 valence electrons. The van der Waals surface area contributed by atoms with Crippen molar-refractivity contribution in [3.63, 3.8) is 0 Å². The highest BCUT2D eigenvalue weighted by Crippen LogP contribution is 2.27. The molecule has 0 spiro atoms. The lowest BCUT2D eigenvalue weighted by atomic mass is 10.1. The van der Waals surface area contributed by atoms with E-state index in [2.05, 4.69) is 5.32 Å². The summed E-state index contributed by atoms with van der Waals surface area (Å²) in [6.07, 6.45) is 0.500. The first-order chi connectivity index (χ1) is 14.7. The zero-order valence-corrected chi connectivity index (χ0v) is 17.6. The Morgan fingerprint density at radius 2 is 1.65 bits per heavy atom. The van der Waals surface area contributed by atoms with Gasteiger partial charge in [-0.1, -0.05) is 6.07 Å². The summed E-state index contributed by atoms with van der Waals surface area (Å²) in [5, 5.41) is 2.59. The first-order valence-corrected chi connectivity index (χ1v) is 10.5. The van der Waals surface area contributed by atoms with Crippen LogP contribution in [0.4, 0.5) is 8.78 Å². The summed E-state index contributed by atoms with van der Waals surface area (Å²) in [6, 6.07) is 9.17. The fourth-order valence-electron chi connectivity index (χ4n) is 2.53. The zero-order valence-electron chi connectivity index (χ0n) is 16.8. The van der Waals surface area contributed by atoms with Gasteiger partial charge in [-0.05, 0) is 48.4 Å². The van der Waals surface area contributed by atoms with Gasteiger partial charge < -0.3 is 19.5 Å². The van der Waals surface area contributed by atoms with Gasteiger partial charge in [0.1, 0.15) is 0 Å². The molecule has 11 heteroatoms. The number of esters is 1. The van der Waals surface area contributed by atoms with E-state index in [1.807, 2.05) is 6.07 Å². The van der Waals surface area contributed by atoms with Gasteiger partial charge in [0.2, 0.25) is 9.84 Å². The molecule has 1 N–H and O–H groups in total. The quantitative estimate of drug-likeness (QED) is 0.545. The van der Waals surface area contributed by atoms with E-state index in [1.54, 1.807) is 12.1 Å². The number of alkyl halides is 2. The van der Waals surface area contributed by atoms with Crippen molar-refractivity contribution < 1.29 is 41.0 Å². The summed E-state index contributed by atoms with van der Waals surface area (Å²) in [6.45, 7) is -0.270. The van der Waals surface area contributed by atoms with Crippen LogP contribution in [-0.2, 0) is 25.8 Å². The molecule has 0 saturated carbocycles. The number of ether oxygens (including phenoxy) is 3. The molecule has 0 unspecified atom stereocenters. The molecule has 0 aliphatic rings. The summed E-state index contributed by atoms with van der Waals surface area (Å²) >= 11 is 0. The van der Waals surface area contributed by atoms with Crippen molar-refractivity contribution >= 4 is 21.7 Å². The van der Waals surface area contributed by atoms with Crippen molar-refractivity contribution in [2.24, 2.45) is 0 Å². The predicted molar refractivity (Wildman–Crippen MR) is 106 cm³/mol. The summed E-state index contributed by atoms with van der Waals surface area (Å²) in [5.41, 5.74) is 0.820. The van der Waals surface area contributed by atoms with Crippen LogP contribution in [0, 0.1) is 0 Å². The van der Waals surface area contributed by atoms with Gasteiger partial charge >= 0.3 is 11.7 Å². The first-order valence-electron chi connectivity index (χ1n) is 8.96. The number of carbonyl (C=O) groups is 2. The Bertz CT molecular complexity index is 1020. The molecule has 2 aromatic rings. The van der Waals surface area contributed by atoms with Gasteiger partial charge in [-0.2, -0.15) is 8.78 Å². The van der Waals surface area contributed by atoms with Crippen LogP contribution in [0.3, 0.4) is 0 Å². The third-order valence-electron chi connectivity index (χ3n) is 4.17. The topological polar surface area (TPSA) is 108 Å². The van der Waals surface area contributed by atoms with Gasteiger partial charge in [0, 0.05) is 6.54 Å². The van der Waals surface area contributed by atoms with Gasteiger partial charge in [0.25, 0.3) is 5.91 Å². The van der Waals surface area contributed by atoms with Crippen molar-refractivity contribution in [1.29, 1.82) is 0 Å². The fraction of sp³-hybridized carbons (Fsp3) is 0.300. The number of rotatable bonds is 10. The Hall–Kier alpha value is -3.21. The molecule has 0 aliphatic heterocycles. The third kappa shape index (κ3) is 6.38. The zero-order chi connectivity index (χ0) is 23.0. The van der Waals surface area contributed by atoms with Crippen LogP contribution in [0.5, 0.6) is 11.5 Å². The molecule has 0 aliphatic carbocycles. The highest BCUT2D eigenvalue weighted by molar-refractivity contribution is 7.91. The van der Waals surface area contributed by atoms with Crippen LogP contribution in [0.1, 0.15) is 15.9 Å². The van der Waals surface area contributed by atoms with E-state index in [1.165, 1.54) is 14.2 Å². The SMILES string of the molecule is COc1ccc(CCNC(=O)COC(=O)c2ccc(S(=O)(=O)C(F)F)cc2)cc1OC. The average Bonchev–Trinajstić information content (AvgIpc) is 2.77. The minimum atomic E-state index is -4.75. The van der Waals surface area contributed by atoms with Crippen molar-refractivity contribution in [3.05, 3.63) is 53.6 Å². The van der Waals surface area contributed by atoms with E-state index in [0.29, 0.717) is 17.9 Å². The Balaban J connectivity index is 1.81. The summed E-state index contributed by atoms with van der Waals surface area (Å²) < 4.78 is 63.0. The van der Waals surface area contributed by atoms with Crippen LogP contribution in [0.2, 0.25) is 0 Å². The minimum Gasteiger partial charge on any atom is -0.493 e. The average molecular weight is 457 g/mol. The Morgan fingerprint density at radius 1 is 1.00 bits per heavy atom. The second-order valence-corrected chi connectivity index (χ2v) is 8.11. The van der Waals surface area contributed by atoms with Gasteiger partial charge in [-0.25, -0.2) is 13.2 Å². The van der Waals surface area contributed by atoms with Crippen molar-refractivity contribution in [3.8, 4) is 11.5 Å². The predicted octanol–water partition coefficient (Wildman–Crippen LogP) is 2.22. The van der Waals surface area contributed by atoms with E-state index in [-0.39, 0.29) is 12.1 Å². The van der Waals surface area contributed by atoms with Crippen molar-refractivity contribution in [2.45, 2.75) is 17.1 Å². The number of methoxy groups -OCH3 is 2. The summed E-state index contributed by atoms with van der Waals surface area (Å²) in [4.78, 5) is 23.2. The minimum absolute atomic E-state index is 0.0775. The Labute approximate surface area is 178 Å². The highest BCUT2D eigenvalue weighted by atomic mass is 32.2. The molecule has 2 aromatic carbocycles. The number of benzene rings is 2. The summed E-state index contributed by atoms with van der Waals surface area (Å²) in [7, 11) is -1.71. The first kappa shape index (κ1) is 24.1. The van der Waals surface area contributed by atoms with Gasteiger partial charge in [-0.15, -0.1) is 0 Å². The standard InChI is InChI=1S/C20H21F2NO7S/c1-28-16-8-3-13(11-17(16)29-2)9-10-23-18(24)12-30-19(25)14-4-6-15(7-5-14)31(26,27)20(21)22/h3-8,11,20H,9-10,12H2,1-2H3,(H,23,24). The van der Waals surface area contributed by atoms with Crippen LogP contribution < -0.4 is 14.8 Å². The van der Waals surface area contributed by atoms with Crippen molar-refractivity contribution in [2.75, 3.05) is 27.4 Å². The van der Waals surface area contributed by atoms with Crippen molar-refractivity contribution in [1.82, 2.24) is 5.32 Å². The molecule has 0 heterocycles. The molecule has 0 radical (unpaired) electrons. The fourth-order valence-corrected chi connectivity index (χ4v) is 3.25. The van der Waals surface area contributed by atoms with Gasteiger partial charge in [-0.3, -0.25) is 4.79 Å². The maximum absolute atomic E-state index is 12.5. The lowest BCUT2D eigenvalue weighted by molar-refractivity contribution is -0.124. The number of nitrogens with one attached hydrogen (secondary N) is 1. The molecule has 1 amide bonds. The van der Waals surface area contributed by atoms with Gasteiger partial charge in [0.15, 0.2) is 18.1 Å². The van der Waals surface area contributed by atoms with E-state index < -0.39 is 39.0 Å². The smallest absolute Gasteiger partial charge is 0.341 e. The summed E-state index contributed by atoms with van der Waals surface area (Å²) in [5.74, 6) is -3.84. The molecule has 0 fully saturated rings. The molecule has 0 atom stereocenters. The van der Waals surface area contributed by atoms with Gasteiger partial charge in [0.05, 0.1) is 24.7 Å². The monoisotopic (exact) mass is 457 g/mol. The second kappa shape index (κ2) is 10.7. The molecular weight excluding hydrogens is 436 g/mol. The number of hydrogen-bond donors (Lipinski definition) is 1. The Kier molecular flexibility index (Phi) is 8.31. The second-order valence-electron chi connectivity index (χ2n) is 6.20. The molecular formula is C20H21F2NO7S. The van der Waals surface area contributed by atoms with E-state index in [0.717, 1.165) is 29.8 Å². The largest absolute Gasteiger partial charge is 0.493 e. The van der Waals surface area contributed by atoms with E-state index >= 15 is 0 Å². The Morgan fingerprint density at radius 3 is 2.23 bits per heavy atom. The number of hydrogen-bond acceptors (Lipinski definition) is 7. The number of carbonyl (C=O) groups excluding carboxylic acids is 2. The number of amides is 1. The molecule has 31 heavy (non-hydrogen) atoms. The van der Waals surface area contributed by atoms with Crippen LogP contribution in [-0.4, -0.2) is 53.4 Å². The maximum Gasteiger partial charge on any atom is 0.341 e. The molecule has 8 nitrogen and oxygen atoms in total. The third-order valence-corrected chi connectivity index (χ3v) is 5.57. The molecule has 2 rings (SSSR count). The maximum atomic E-state index is 12.5. The molecule has 0 saturated heterocycles. The lowest BCUT2D eigenvalue weighted by Gasteiger charge is -2.10. The number of sulfone groups is 1. The van der Waals surface area contributed by atoms with Crippen LogP contribution >= 0.6 is 0 Å². The number of halogens is 2. The lowest BCUT2D eigenvalue weighted by Crippen LogP contribution is -2.30.